The summed E-state index contributed by atoms with van der Waals surface area (Å²) >= 11 is 0. The summed E-state index contributed by atoms with van der Waals surface area (Å²) in [4.78, 5) is 16.2. The predicted octanol–water partition coefficient (Wildman–Crippen LogP) is 1.34. The Hall–Kier alpha value is -2.01. The number of aromatic nitrogens is 3. The number of pyridine rings is 1. The summed E-state index contributed by atoms with van der Waals surface area (Å²) in [6.07, 6.45) is 2.76. The van der Waals surface area contributed by atoms with Crippen molar-refractivity contribution in [3.05, 3.63) is 46.4 Å². The molecule has 5 heteroatoms. The predicted molar refractivity (Wildman–Crippen MR) is 74.7 cm³/mol. The van der Waals surface area contributed by atoms with E-state index >= 15 is 0 Å². The van der Waals surface area contributed by atoms with Crippen molar-refractivity contribution in [1.29, 1.82) is 0 Å². The van der Waals surface area contributed by atoms with Crippen LogP contribution < -0.4 is 10.9 Å². The van der Waals surface area contributed by atoms with E-state index in [0.29, 0.717) is 12.1 Å². The summed E-state index contributed by atoms with van der Waals surface area (Å²) in [7, 11) is 1.66. The third kappa shape index (κ3) is 3.26. The van der Waals surface area contributed by atoms with E-state index in [1.54, 1.807) is 13.2 Å². The molecule has 0 aromatic carbocycles. The minimum Gasteiger partial charge on any atom is -0.312 e. The van der Waals surface area contributed by atoms with Crippen LogP contribution in [-0.4, -0.2) is 21.3 Å². The van der Waals surface area contributed by atoms with Crippen molar-refractivity contribution >= 4 is 0 Å². The van der Waals surface area contributed by atoms with Gasteiger partial charge in [0.2, 0.25) is 0 Å². The quantitative estimate of drug-likeness (QED) is 0.822. The van der Waals surface area contributed by atoms with Gasteiger partial charge in [-0.05, 0) is 31.2 Å². The van der Waals surface area contributed by atoms with Gasteiger partial charge >= 0.3 is 0 Å². The Kier molecular flexibility index (Phi) is 4.41. The van der Waals surface area contributed by atoms with Gasteiger partial charge in [-0.15, -0.1) is 0 Å². The molecule has 0 unspecified atom stereocenters. The second kappa shape index (κ2) is 6.24. The van der Waals surface area contributed by atoms with Gasteiger partial charge in [-0.25, -0.2) is 4.68 Å². The highest BCUT2D eigenvalue weighted by Crippen LogP contribution is 2.12. The molecule has 2 aromatic rings. The lowest BCUT2D eigenvalue weighted by atomic mass is 10.2. The fourth-order valence-corrected chi connectivity index (χ4v) is 1.84. The molecule has 0 atom stereocenters. The van der Waals surface area contributed by atoms with E-state index in [1.165, 1.54) is 4.68 Å². The van der Waals surface area contributed by atoms with Crippen molar-refractivity contribution in [2.45, 2.75) is 19.9 Å². The molecule has 0 saturated heterocycles. The van der Waals surface area contributed by atoms with Crippen LogP contribution >= 0.6 is 0 Å². The Morgan fingerprint density at radius 2 is 2.16 bits per heavy atom. The highest BCUT2D eigenvalue weighted by Gasteiger charge is 2.08. The molecule has 0 saturated carbocycles. The molecule has 2 heterocycles. The Morgan fingerprint density at radius 3 is 2.84 bits per heavy atom. The van der Waals surface area contributed by atoms with Gasteiger partial charge in [0.05, 0.1) is 5.69 Å². The number of hydrogen-bond donors (Lipinski definition) is 1. The maximum absolute atomic E-state index is 12.0. The maximum atomic E-state index is 12.0. The Bertz CT molecular complexity index is 592. The fraction of sp³-hybridized carbons (Fsp3) is 0.357. The monoisotopic (exact) mass is 258 g/mol. The number of rotatable bonds is 5. The van der Waals surface area contributed by atoms with Crippen LogP contribution in [-0.2, 0) is 13.6 Å². The molecule has 0 aliphatic carbocycles. The molecule has 0 amide bonds. The smallest absolute Gasteiger partial charge is 0.271 e. The Balaban J connectivity index is 2.34. The topological polar surface area (TPSA) is 59.8 Å². The van der Waals surface area contributed by atoms with Crippen molar-refractivity contribution < 1.29 is 0 Å². The highest BCUT2D eigenvalue weighted by molar-refractivity contribution is 5.53. The maximum Gasteiger partial charge on any atom is 0.271 e. The van der Waals surface area contributed by atoms with Crippen LogP contribution in [0.25, 0.3) is 11.4 Å². The lowest BCUT2D eigenvalue weighted by Gasteiger charge is -2.07. The molecule has 0 spiro atoms. The van der Waals surface area contributed by atoms with E-state index in [-0.39, 0.29) is 5.56 Å². The van der Waals surface area contributed by atoms with Crippen LogP contribution in [0.3, 0.4) is 0 Å². The van der Waals surface area contributed by atoms with Crippen molar-refractivity contribution in [3.63, 3.8) is 0 Å². The first-order valence-electron chi connectivity index (χ1n) is 6.41. The summed E-state index contributed by atoms with van der Waals surface area (Å²) in [5.74, 6) is 0. The zero-order valence-corrected chi connectivity index (χ0v) is 11.3. The van der Waals surface area contributed by atoms with E-state index < -0.39 is 0 Å². The van der Waals surface area contributed by atoms with Gasteiger partial charge in [-0.3, -0.25) is 9.78 Å². The molecule has 0 bridgehead atoms. The molecule has 0 aliphatic heterocycles. The van der Waals surface area contributed by atoms with E-state index in [2.05, 4.69) is 22.3 Å². The molecule has 0 aliphatic rings. The lowest BCUT2D eigenvalue weighted by Crippen LogP contribution is -2.27. The van der Waals surface area contributed by atoms with Crippen molar-refractivity contribution in [2.75, 3.05) is 6.54 Å². The first kappa shape index (κ1) is 13.4. The molecule has 2 aromatic heterocycles. The zero-order chi connectivity index (χ0) is 13.7. The van der Waals surface area contributed by atoms with Crippen LogP contribution in [0.15, 0.2) is 35.3 Å². The van der Waals surface area contributed by atoms with E-state index in [4.69, 9.17) is 0 Å². The molecule has 0 radical (unpaired) electrons. The molecular formula is C14H18N4O. The van der Waals surface area contributed by atoms with Crippen LogP contribution in [0.4, 0.5) is 0 Å². The van der Waals surface area contributed by atoms with Crippen LogP contribution in [0, 0.1) is 0 Å². The minimum atomic E-state index is -0.0664. The Labute approximate surface area is 112 Å². The molecule has 100 valence electrons. The Morgan fingerprint density at radius 1 is 1.32 bits per heavy atom. The summed E-state index contributed by atoms with van der Waals surface area (Å²) in [5.41, 5.74) is 2.14. The zero-order valence-electron chi connectivity index (χ0n) is 11.3. The van der Waals surface area contributed by atoms with Gasteiger partial charge < -0.3 is 5.32 Å². The molecule has 2 rings (SSSR count). The first-order valence-corrected chi connectivity index (χ1v) is 6.41. The molecule has 5 nitrogen and oxygen atoms in total. The number of hydrogen-bond acceptors (Lipinski definition) is 4. The van der Waals surface area contributed by atoms with Crippen molar-refractivity contribution in [1.82, 2.24) is 20.1 Å². The first-order chi connectivity index (χ1) is 9.22. The van der Waals surface area contributed by atoms with Gasteiger partial charge in [0.1, 0.15) is 5.69 Å². The van der Waals surface area contributed by atoms with Gasteiger partial charge in [-0.1, -0.05) is 13.0 Å². The average molecular weight is 258 g/mol. The van der Waals surface area contributed by atoms with Crippen molar-refractivity contribution in [2.24, 2.45) is 7.05 Å². The van der Waals surface area contributed by atoms with Gasteiger partial charge in [0, 0.05) is 25.4 Å². The van der Waals surface area contributed by atoms with Crippen LogP contribution in [0.1, 0.15) is 18.9 Å². The number of nitrogens with one attached hydrogen (secondary N) is 1. The summed E-state index contributed by atoms with van der Waals surface area (Å²) in [6.45, 7) is 3.55. The van der Waals surface area contributed by atoms with Crippen LogP contribution in [0.5, 0.6) is 0 Å². The minimum absolute atomic E-state index is 0.0664. The fourth-order valence-electron chi connectivity index (χ4n) is 1.84. The largest absolute Gasteiger partial charge is 0.312 e. The van der Waals surface area contributed by atoms with Gasteiger partial charge in [0.25, 0.3) is 5.56 Å². The van der Waals surface area contributed by atoms with E-state index in [0.717, 1.165) is 24.4 Å². The second-order valence-electron chi connectivity index (χ2n) is 4.38. The SMILES string of the molecule is CCCNCc1cc(-c2ccccn2)nn(C)c1=O. The third-order valence-electron chi connectivity index (χ3n) is 2.81. The summed E-state index contributed by atoms with van der Waals surface area (Å²) < 4.78 is 1.37. The van der Waals surface area contributed by atoms with E-state index in [9.17, 15) is 4.79 Å². The lowest BCUT2D eigenvalue weighted by molar-refractivity contribution is 0.643. The van der Waals surface area contributed by atoms with Gasteiger partial charge in [-0.2, -0.15) is 5.10 Å². The van der Waals surface area contributed by atoms with Crippen molar-refractivity contribution in [3.8, 4) is 11.4 Å². The van der Waals surface area contributed by atoms with Crippen LogP contribution in [0.2, 0.25) is 0 Å². The average Bonchev–Trinajstić information content (AvgIpc) is 2.44. The summed E-state index contributed by atoms with van der Waals surface area (Å²) in [5, 5.41) is 7.48. The molecule has 0 fully saturated rings. The molecule has 1 N–H and O–H groups in total. The highest BCUT2D eigenvalue weighted by atomic mass is 16.1. The molecule has 19 heavy (non-hydrogen) atoms. The molecular weight excluding hydrogens is 240 g/mol. The van der Waals surface area contributed by atoms with Gasteiger partial charge in [0.15, 0.2) is 0 Å². The number of nitrogens with zero attached hydrogens (tertiary/aromatic N) is 3. The third-order valence-corrected chi connectivity index (χ3v) is 2.81. The normalized spacial score (nSPS) is 10.6. The standard InChI is InChI=1S/C14H18N4O/c1-3-7-15-10-11-9-13(17-18(2)14(11)19)12-6-4-5-8-16-12/h4-6,8-9,15H,3,7,10H2,1-2H3. The second-order valence-corrected chi connectivity index (χ2v) is 4.38. The van der Waals surface area contributed by atoms with E-state index in [1.807, 2.05) is 24.3 Å². The number of aryl methyl sites for hydroxylation is 1. The summed E-state index contributed by atoms with van der Waals surface area (Å²) in [6, 6.07) is 7.46.